The molecule has 21 heavy (non-hydrogen) atoms. The Kier molecular flexibility index (Phi) is 3.88. The molecule has 0 spiro atoms. The van der Waals surface area contributed by atoms with E-state index in [0.717, 1.165) is 11.3 Å². The summed E-state index contributed by atoms with van der Waals surface area (Å²) < 4.78 is 0. The summed E-state index contributed by atoms with van der Waals surface area (Å²) in [6.07, 6.45) is 0. The number of fused-ring (bicyclic) bond motifs is 1. The molecule has 3 rings (SSSR count). The molecular weight excluding hydrogens is 264 g/mol. The molecule has 0 saturated carbocycles. The number of rotatable bonds is 3. The van der Waals surface area contributed by atoms with Gasteiger partial charge in [0.2, 0.25) is 0 Å². The van der Waals surface area contributed by atoms with Gasteiger partial charge in [0, 0.05) is 18.8 Å². The van der Waals surface area contributed by atoms with Crippen LogP contribution in [-0.2, 0) is 6.54 Å². The number of aliphatic hydroxyl groups excluding tert-OH is 1. The lowest BCUT2D eigenvalue weighted by Crippen LogP contribution is -2.38. The minimum absolute atomic E-state index is 0.00194. The minimum atomic E-state index is -0.152. The van der Waals surface area contributed by atoms with Crippen molar-refractivity contribution in [1.29, 1.82) is 0 Å². The van der Waals surface area contributed by atoms with Crippen LogP contribution in [0.3, 0.4) is 0 Å². The van der Waals surface area contributed by atoms with E-state index in [1.54, 1.807) is 4.90 Å². The number of hydrogen-bond donors (Lipinski definition) is 2. The van der Waals surface area contributed by atoms with Crippen molar-refractivity contribution in [2.24, 2.45) is 0 Å². The molecule has 0 radical (unpaired) electrons. The fourth-order valence-corrected chi connectivity index (χ4v) is 2.62. The van der Waals surface area contributed by atoms with E-state index in [1.165, 1.54) is 0 Å². The molecule has 1 aliphatic rings. The van der Waals surface area contributed by atoms with E-state index in [4.69, 9.17) is 0 Å². The molecule has 2 aromatic carbocycles. The summed E-state index contributed by atoms with van der Waals surface area (Å²) in [6.45, 7) is 1.03. The topological polar surface area (TPSA) is 52.6 Å². The second-order valence-corrected chi connectivity index (χ2v) is 5.24. The van der Waals surface area contributed by atoms with E-state index < -0.39 is 0 Å². The number of nitrogens with zero attached hydrogens (tertiary/aromatic N) is 1. The Morgan fingerprint density at radius 1 is 1.10 bits per heavy atom. The van der Waals surface area contributed by atoms with Gasteiger partial charge in [0.05, 0.1) is 18.2 Å². The van der Waals surface area contributed by atoms with Crippen molar-refractivity contribution in [2.75, 3.05) is 18.5 Å². The summed E-state index contributed by atoms with van der Waals surface area (Å²) >= 11 is 0. The Bertz CT molecular complexity index is 628. The Labute approximate surface area is 124 Å². The van der Waals surface area contributed by atoms with Crippen LogP contribution in [0.15, 0.2) is 54.6 Å². The fourth-order valence-electron chi connectivity index (χ4n) is 2.62. The standard InChI is InChI=1S/C17H18N2O2/c20-12-14-11-19(10-13-6-2-1-3-7-13)17(21)15-8-4-5-9-16(15)18-14/h1-9,14,18,20H,10-12H2. The van der Waals surface area contributed by atoms with Gasteiger partial charge in [-0.3, -0.25) is 4.79 Å². The third kappa shape index (κ3) is 2.90. The first-order valence-electron chi connectivity index (χ1n) is 7.07. The zero-order valence-corrected chi connectivity index (χ0v) is 11.7. The van der Waals surface area contributed by atoms with Gasteiger partial charge in [-0.1, -0.05) is 42.5 Å². The number of benzene rings is 2. The summed E-state index contributed by atoms with van der Waals surface area (Å²) in [5.41, 5.74) is 2.53. The Morgan fingerprint density at radius 2 is 1.81 bits per heavy atom. The van der Waals surface area contributed by atoms with Crippen LogP contribution in [0.5, 0.6) is 0 Å². The normalized spacial score (nSPS) is 17.9. The van der Waals surface area contributed by atoms with Crippen molar-refractivity contribution in [3.63, 3.8) is 0 Å². The molecule has 1 aliphatic heterocycles. The average Bonchev–Trinajstić information content (AvgIpc) is 2.66. The third-order valence-electron chi connectivity index (χ3n) is 3.68. The number of hydrogen-bond acceptors (Lipinski definition) is 3. The molecule has 0 bridgehead atoms. The fraction of sp³-hybridized carbons (Fsp3) is 0.235. The zero-order chi connectivity index (χ0) is 14.7. The number of carbonyl (C=O) groups excluding carboxylic acids is 1. The summed E-state index contributed by atoms with van der Waals surface area (Å²) in [5.74, 6) is -0.00194. The van der Waals surface area contributed by atoms with Crippen molar-refractivity contribution < 1.29 is 9.90 Å². The molecule has 4 heteroatoms. The average molecular weight is 282 g/mol. The molecule has 1 atom stereocenters. The second-order valence-electron chi connectivity index (χ2n) is 5.24. The van der Waals surface area contributed by atoms with Crippen LogP contribution >= 0.6 is 0 Å². The largest absolute Gasteiger partial charge is 0.394 e. The van der Waals surface area contributed by atoms with Crippen LogP contribution in [0.2, 0.25) is 0 Å². The smallest absolute Gasteiger partial charge is 0.256 e. The highest BCUT2D eigenvalue weighted by Crippen LogP contribution is 2.23. The SMILES string of the molecule is O=C1c2ccccc2NC(CO)CN1Cc1ccccc1. The number of para-hydroxylation sites is 1. The van der Waals surface area contributed by atoms with Crippen LogP contribution in [0.1, 0.15) is 15.9 Å². The van der Waals surface area contributed by atoms with E-state index >= 15 is 0 Å². The number of amides is 1. The first-order chi connectivity index (χ1) is 10.3. The lowest BCUT2D eigenvalue weighted by molar-refractivity contribution is 0.0733. The molecule has 1 heterocycles. The molecule has 1 unspecified atom stereocenters. The van der Waals surface area contributed by atoms with Crippen LogP contribution < -0.4 is 5.32 Å². The van der Waals surface area contributed by atoms with Gasteiger partial charge >= 0.3 is 0 Å². The van der Waals surface area contributed by atoms with Crippen molar-refractivity contribution in [2.45, 2.75) is 12.6 Å². The van der Waals surface area contributed by atoms with Gasteiger partial charge in [0.25, 0.3) is 5.91 Å². The van der Waals surface area contributed by atoms with E-state index in [1.807, 2.05) is 54.6 Å². The molecular formula is C17H18N2O2. The maximum atomic E-state index is 12.7. The minimum Gasteiger partial charge on any atom is -0.394 e. The summed E-state index contributed by atoms with van der Waals surface area (Å²) in [5, 5.41) is 12.8. The van der Waals surface area contributed by atoms with Gasteiger partial charge in [-0.25, -0.2) is 0 Å². The van der Waals surface area contributed by atoms with E-state index in [-0.39, 0.29) is 18.6 Å². The van der Waals surface area contributed by atoms with Gasteiger partial charge < -0.3 is 15.3 Å². The zero-order valence-electron chi connectivity index (χ0n) is 11.7. The third-order valence-corrected chi connectivity index (χ3v) is 3.68. The summed E-state index contributed by atoms with van der Waals surface area (Å²) in [7, 11) is 0. The molecule has 4 nitrogen and oxygen atoms in total. The molecule has 0 fully saturated rings. The van der Waals surface area contributed by atoms with Gasteiger partial charge in [0.1, 0.15) is 0 Å². The lowest BCUT2D eigenvalue weighted by atomic mass is 10.1. The maximum absolute atomic E-state index is 12.7. The molecule has 0 saturated heterocycles. The summed E-state index contributed by atoms with van der Waals surface area (Å²) in [4.78, 5) is 14.5. The van der Waals surface area contributed by atoms with Crippen molar-refractivity contribution in [3.8, 4) is 0 Å². The van der Waals surface area contributed by atoms with Crippen molar-refractivity contribution in [3.05, 3.63) is 65.7 Å². The monoisotopic (exact) mass is 282 g/mol. The Balaban J connectivity index is 1.91. The first kappa shape index (κ1) is 13.6. The van der Waals surface area contributed by atoms with Gasteiger partial charge in [-0.05, 0) is 17.7 Å². The maximum Gasteiger partial charge on any atom is 0.256 e. The van der Waals surface area contributed by atoms with Crippen LogP contribution in [0.25, 0.3) is 0 Å². The lowest BCUT2D eigenvalue weighted by Gasteiger charge is -2.24. The number of aliphatic hydroxyl groups is 1. The highest BCUT2D eigenvalue weighted by Gasteiger charge is 2.26. The van der Waals surface area contributed by atoms with E-state index in [9.17, 15) is 9.90 Å². The van der Waals surface area contributed by atoms with Crippen LogP contribution in [0, 0.1) is 0 Å². The molecule has 2 N–H and O–H groups in total. The summed E-state index contributed by atoms with van der Waals surface area (Å²) in [6, 6.07) is 17.2. The Hall–Kier alpha value is -2.33. The highest BCUT2D eigenvalue weighted by molar-refractivity contribution is 6.00. The van der Waals surface area contributed by atoms with Gasteiger partial charge in [-0.15, -0.1) is 0 Å². The Morgan fingerprint density at radius 3 is 2.57 bits per heavy atom. The number of carbonyl (C=O) groups is 1. The second kappa shape index (κ2) is 5.97. The molecule has 108 valence electrons. The van der Waals surface area contributed by atoms with E-state index in [0.29, 0.717) is 18.7 Å². The number of nitrogens with one attached hydrogen (secondary N) is 1. The molecule has 2 aromatic rings. The highest BCUT2D eigenvalue weighted by atomic mass is 16.3. The van der Waals surface area contributed by atoms with Crippen LogP contribution in [0.4, 0.5) is 5.69 Å². The van der Waals surface area contributed by atoms with Gasteiger partial charge in [0.15, 0.2) is 0 Å². The molecule has 0 aliphatic carbocycles. The van der Waals surface area contributed by atoms with Crippen LogP contribution in [-0.4, -0.2) is 35.1 Å². The predicted molar refractivity (Wildman–Crippen MR) is 82.1 cm³/mol. The quantitative estimate of drug-likeness (QED) is 0.906. The molecule has 0 aromatic heterocycles. The van der Waals surface area contributed by atoms with Gasteiger partial charge in [-0.2, -0.15) is 0 Å². The van der Waals surface area contributed by atoms with Crippen molar-refractivity contribution in [1.82, 2.24) is 4.90 Å². The first-order valence-corrected chi connectivity index (χ1v) is 7.07. The van der Waals surface area contributed by atoms with E-state index in [2.05, 4.69) is 5.32 Å². The molecule has 1 amide bonds. The number of anilines is 1. The van der Waals surface area contributed by atoms with Crippen molar-refractivity contribution >= 4 is 11.6 Å². The predicted octanol–water partition coefficient (Wildman–Crippen LogP) is 2.12.